The fraction of sp³-hybridized carbons (Fsp3) is 0.826. The number of alkyl halides is 3. The molecule has 0 aromatic rings. The first-order valence-electron chi connectivity index (χ1n) is 11.6. The van der Waals surface area contributed by atoms with Crippen LogP contribution in [0.4, 0.5) is 13.2 Å². The normalized spacial score (nSPS) is 46.9. The second kappa shape index (κ2) is 6.04. The molecule has 30 heavy (non-hydrogen) atoms. The number of rotatable bonds is 0. The van der Waals surface area contributed by atoms with Gasteiger partial charge in [-0.3, -0.25) is 4.79 Å². The van der Waals surface area contributed by atoms with Gasteiger partial charge in [0.05, 0.1) is 0 Å². The van der Waals surface area contributed by atoms with Crippen molar-refractivity contribution < 1.29 is 27.5 Å². The van der Waals surface area contributed by atoms with Crippen LogP contribution in [0.3, 0.4) is 0 Å². The summed E-state index contributed by atoms with van der Waals surface area (Å²) in [6.07, 6.45) is 3.16. The summed E-state index contributed by atoms with van der Waals surface area (Å²) < 4.78 is 46.5. The van der Waals surface area contributed by atoms with Crippen molar-refractivity contribution in [3.05, 3.63) is 11.1 Å². The van der Waals surface area contributed by atoms with Crippen LogP contribution in [0.1, 0.15) is 64.7 Å². The van der Waals surface area contributed by atoms with Crippen LogP contribution in [0.5, 0.6) is 0 Å². The molecule has 6 rings (SSSR count). The quantitative estimate of drug-likeness (QED) is 0.543. The predicted molar refractivity (Wildman–Crippen MR) is 101 cm³/mol. The molecule has 7 heteroatoms. The van der Waals surface area contributed by atoms with Gasteiger partial charge in [-0.05, 0) is 81.1 Å². The van der Waals surface area contributed by atoms with Gasteiger partial charge >= 0.3 is 18.1 Å². The summed E-state index contributed by atoms with van der Waals surface area (Å²) in [6, 6.07) is -0.932. The minimum Gasteiger partial charge on any atom is -0.451 e. The van der Waals surface area contributed by atoms with E-state index in [0.717, 1.165) is 41.7 Å². The Balaban J connectivity index is 1.45. The molecule has 2 bridgehead atoms. The van der Waals surface area contributed by atoms with Gasteiger partial charge in [0.2, 0.25) is 0 Å². The lowest BCUT2D eigenvalue weighted by molar-refractivity contribution is -0.201. The van der Waals surface area contributed by atoms with Crippen molar-refractivity contribution >= 4 is 11.9 Å². The molecule has 6 aliphatic rings. The summed E-state index contributed by atoms with van der Waals surface area (Å²) in [5, 5.41) is 0. The maximum absolute atomic E-state index is 13.5. The zero-order valence-corrected chi connectivity index (χ0v) is 17.2. The van der Waals surface area contributed by atoms with E-state index >= 15 is 0 Å². The topological polar surface area (TPSA) is 46.6 Å². The molecule has 164 valence electrons. The molecule has 1 unspecified atom stereocenters. The Morgan fingerprint density at radius 1 is 1.13 bits per heavy atom. The van der Waals surface area contributed by atoms with Gasteiger partial charge in [0.15, 0.2) is 0 Å². The largest absolute Gasteiger partial charge is 0.471 e. The van der Waals surface area contributed by atoms with Crippen LogP contribution in [0, 0.1) is 29.6 Å². The minimum absolute atomic E-state index is 0.210. The monoisotopic (exact) mass is 423 g/mol. The number of ether oxygens (including phenoxy) is 1. The van der Waals surface area contributed by atoms with Gasteiger partial charge in [-0.1, -0.05) is 12.8 Å². The van der Waals surface area contributed by atoms with Gasteiger partial charge < -0.3 is 9.64 Å². The van der Waals surface area contributed by atoms with E-state index in [1.54, 1.807) is 6.92 Å². The Hall–Kier alpha value is -1.53. The maximum atomic E-state index is 13.5. The summed E-state index contributed by atoms with van der Waals surface area (Å²) in [5.41, 5.74) is 1.25. The van der Waals surface area contributed by atoms with Crippen molar-refractivity contribution in [1.82, 2.24) is 4.90 Å². The highest BCUT2D eigenvalue weighted by atomic mass is 19.4. The van der Waals surface area contributed by atoms with Gasteiger partial charge in [0.1, 0.15) is 5.60 Å². The molecule has 1 spiro atoms. The number of esters is 1. The third kappa shape index (κ3) is 2.30. The number of nitrogens with zero attached hydrogens (tertiary/aromatic N) is 1. The lowest BCUT2D eigenvalue weighted by Crippen LogP contribution is -2.63. The highest BCUT2D eigenvalue weighted by Crippen LogP contribution is 2.68. The third-order valence-electron chi connectivity index (χ3n) is 9.42. The van der Waals surface area contributed by atoms with Crippen molar-refractivity contribution in [1.29, 1.82) is 0 Å². The van der Waals surface area contributed by atoms with Gasteiger partial charge in [-0.25, -0.2) is 4.79 Å². The number of carbonyl (C=O) groups excluding carboxylic acids is 2. The number of halogens is 3. The molecular formula is C23H28F3NO3. The second-order valence-corrected chi connectivity index (χ2v) is 10.6. The predicted octanol–water partition coefficient (Wildman–Crippen LogP) is 4.39. The molecule has 0 N–H and O–H groups in total. The zero-order chi connectivity index (χ0) is 21.0. The first-order chi connectivity index (χ1) is 14.2. The van der Waals surface area contributed by atoms with E-state index in [9.17, 15) is 22.8 Å². The number of hydrogen-bond acceptors (Lipinski definition) is 3. The molecule has 2 aliphatic heterocycles. The number of amides is 1. The standard InChI is InChI=1S/C23H28F3NO3/c1-11-6-7-16-17(27(11)21(29)23(24,25)26)9-13-10-22(16)19-15(20(28)30-22)8-12-4-2-3-5-14(12)18(13)19/h11-14,16-18H,2-10H2,1H3/t11-,12-,13-,14+,16+,17+,18?,22+/m0/s1. The van der Waals surface area contributed by atoms with Crippen molar-refractivity contribution in [2.75, 3.05) is 0 Å². The number of fused-ring (bicyclic) bond motifs is 5. The van der Waals surface area contributed by atoms with Crippen LogP contribution in [0.2, 0.25) is 0 Å². The highest BCUT2D eigenvalue weighted by Gasteiger charge is 2.70. The van der Waals surface area contributed by atoms with E-state index in [4.69, 9.17) is 4.74 Å². The maximum Gasteiger partial charge on any atom is 0.471 e. The molecule has 1 amide bonds. The summed E-state index contributed by atoms with van der Waals surface area (Å²) in [5.74, 6) is -0.678. The van der Waals surface area contributed by atoms with Crippen LogP contribution in [-0.2, 0) is 14.3 Å². The Labute approximate surface area is 174 Å². The summed E-state index contributed by atoms with van der Waals surface area (Å²) in [7, 11) is 0. The van der Waals surface area contributed by atoms with E-state index in [2.05, 4.69) is 0 Å². The van der Waals surface area contributed by atoms with Gasteiger partial charge in [0.25, 0.3) is 0 Å². The average molecular weight is 423 g/mol. The minimum atomic E-state index is -4.87. The molecule has 1 saturated heterocycles. The Kier molecular flexibility index (Phi) is 3.86. The number of hydrogen-bond donors (Lipinski definition) is 0. The van der Waals surface area contributed by atoms with E-state index in [0.29, 0.717) is 31.1 Å². The van der Waals surface area contributed by atoms with Crippen molar-refractivity contribution in [2.45, 2.75) is 88.6 Å². The smallest absolute Gasteiger partial charge is 0.451 e. The van der Waals surface area contributed by atoms with E-state index in [-0.39, 0.29) is 23.7 Å². The van der Waals surface area contributed by atoms with Gasteiger partial charge in [-0.2, -0.15) is 13.2 Å². The van der Waals surface area contributed by atoms with Crippen LogP contribution in [0.15, 0.2) is 11.1 Å². The van der Waals surface area contributed by atoms with Crippen LogP contribution in [-0.4, -0.2) is 40.6 Å². The number of piperidine rings is 1. The summed E-state index contributed by atoms with van der Waals surface area (Å²) in [4.78, 5) is 26.5. The molecule has 4 aliphatic carbocycles. The summed E-state index contributed by atoms with van der Waals surface area (Å²) in [6.45, 7) is 1.73. The molecule has 8 atom stereocenters. The molecule has 4 nitrogen and oxygen atoms in total. The SMILES string of the molecule is C[C@H]1CC[C@@H]2[C@@H](C[C@H]3C[C@@]24OC(=O)C2=C4C3[C@@H]3CCCC[C@H]3C2)N1C(=O)C(F)(F)F. The number of likely N-dealkylation sites (tertiary alicyclic amines) is 1. The molecule has 0 aromatic carbocycles. The first-order valence-corrected chi connectivity index (χ1v) is 11.6. The lowest BCUT2D eigenvalue weighted by Gasteiger charge is -2.53. The van der Waals surface area contributed by atoms with E-state index in [1.807, 2.05) is 0 Å². The Morgan fingerprint density at radius 2 is 1.90 bits per heavy atom. The Morgan fingerprint density at radius 3 is 2.67 bits per heavy atom. The fourth-order valence-corrected chi connectivity index (χ4v) is 8.57. The number of carbonyl (C=O) groups is 2. The summed E-state index contributed by atoms with van der Waals surface area (Å²) >= 11 is 0. The van der Waals surface area contributed by atoms with Gasteiger partial charge in [-0.15, -0.1) is 0 Å². The van der Waals surface area contributed by atoms with Crippen molar-refractivity contribution in [2.24, 2.45) is 29.6 Å². The average Bonchev–Trinajstić information content (AvgIpc) is 3.11. The first kappa shape index (κ1) is 19.2. The molecule has 2 heterocycles. The second-order valence-electron chi connectivity index (χ2n) is 10.6. The molecule has 4 fully saturated rings. The molecular weight excluding hydrogens is 395 g/mol. The highest BCUT2D eigenvalue weighted by molar-refractivity contribution is 5.94. The van der Waals surface area contributed by atoms with Crippen LogP contribution >= 0.6 is 0 Å². The van der Waals surface area contributed by atoms with Crippen molar-refractivity contribution in [3.63, 3.8) is 0 Å². The van der Waals surface area contributed by atoms with E-state index < -0.39 is 29.8 Å². The fourth-order valence-electron chi connectivity index (χ4n) is 8.57. The van der Waals surface area contributed by atoms with Gasteiger partial charge in [0, 0.05) is 23.6 Å². The zero-order valence-electron chi connectivity index (χ0n) is 17.2. The van der Waals surface area contributed by atoms with Crippen LogP contribution in [0.25, 0.3) is 0 Å². The van der Waals surface area contributed by atoms with E-state index in [1.165, 1.54) is 12.8 Å². The molecule has 3 saturated carbocycles. The lowest BCUT2D eigenvalue weighted by atomic mass is 9.62. The Bertz CT molecular complexity index is 851. The molecule has 0 radical (unpaired) electrons. The van der Waals surface area contributed by atoms with Crippen LogP contribution < -0.4 is 0 Å². The molecule has 0 aromatic heterocycles. The third-order valence-corrected chi connectivity index (χ3v) is 9.42. The van der Waals surface area contributed by atoms with Crippen molar-refractivity contribution in [3.8, 4) is 0 Å².